The fraction of sp³-hybridized carbons (Fsp3) is 0.385. The van der Waals surface area contributed by atoms with Crippen LogP contribution in [-0.4, -0.2) is 25.0 Å². The highest BCUT2D eigenvalue weighted by Gasteiger charge is 2.22. The summed E-state index contributed by atoms with van der Waals surface area (Å²) in [5, 5.41) is 8.00. The molecule has 0 saturated heterocycles. The lowest BCUT2D eigenvalue weighted by Crippen LogP contribution is -2.26. The second kappa shape index (κ2) is 11.2. The maximum absolute atomic E-state index is 12.3. The van der Waals surface area contributed by atoms with Gasteiger partial charge >= 0.3 is 5.97 Å². The molecule has 0 radical (unpaired) electrons. The maximum Gasteiger partial charge on any atom is 0.307 e. The summed E-state index contributed by atoms with van der Waals surface area (Å²) in [5.74, 6) is 0.788. The zero-order valence-corrected chi connectivity index (χ0v) is 20.3. The van der Waals surface area contributed by atoms with Gasteiger partial charge in [-0.3, -0.25) is 9.59 Å². The Morgan fingerprint density at radius 3 is 2.52 bits per heavy atom. The lowest BCUT2D eigenvalue weighted by molar-refractivity contribution is -0.142. The van der Waals surface area contributed by atoms with E-state index in [2.05, 4.69) is 31.4 Å². The predicted molar refractivity (Wildman–Crippen MR) is 132 cm³/mol. The highest BCUT2D eigenvalue weighted by molar-refractivity contribution is 6.31. The summed E-state index contributed by atoms with van der Waals surface area (Å²) in [6.07, 6.45) is 1.03. The van der Waals surface area contributed by atoms with Crippen LogP contribution in [0, 0.1) is 12.8 Å². The van der Waals surface area contributed by atoms with E-state index in [1.54, 1.807) is 19.1 Å². The second-order valence-electron chi connectivity index (χ2n) is 8.45. The number of hydrogen-bond acceptors (Lipinski definition) is 5. The van der Waals surface area contributed by atoms with Crippen LogP contribution in [0.5, 0.6) is 0 Å². The molecule has 0 fully saturated rings. The van der Waals surface area contributed by atoms with Crippen molar-refractivity contribution in [3.8, 4) is 0 Å². The molecule has 0 aliphatic rings. The molecule has 0 aliphatic carbocycles. The summed E-state index contributed by atoms with van der Waals surface area (Å²) < 4.78 is 11.1. The normalized spacial score (nSPS) is 12.1. The summed E-state index contributed by atoms with van der Waals surface area (Å²) >= 11 is 6.18. The van der Waals surface area contributed by atoms with E-state index in [0.29, 0.717) is 23.1 Å². The number of benzene rings is 2. The van der Waals surface area contributed by atoms with Crippen LogP contribution in [0.4, 0.5) is 5.69 Å². The van der Waals surface area contributed by atoms with Crippen LogP contribution in [0.15, 0.2) is 46.9 Å². The summed E-state index contributed by atoms with van der Waals surface area (Å²) in [6, 6.07) is 12.9. The Hall–Kier alpha value is -2.99. The van der Waals surface area contributed by atoms with Crippen molar-refractivity contribution in [2.24, 2.45) is 5.92 Å². The van der Waals surface area contributed by atoms with Crippen LogP contribution in [0.3, 0.4) is 0 Å². The van der Waals surface area contributed by atoms with E-state index in [4.69, 9.17) is 20.8 Å². The molecule has 2 N–H and O–H groups in total. The number of esters is 1. The second-order valence-corrected chi connectivity index (χ2v) is 8.88. The summed E-state index contributed by atoms with van der Waals surface area (Å²) in [5.41, 5.74) is 3.31. The van der Waals surface area contributed by atoms with Gasteiger partial charge in [-0.1, -0.05) is 25.4 Å². The molecule has 176 valence electrons. The maximum atomic E-state index is 12.3. The largest absolute Gasteiger partial charge is 0.466 e. The molecular weight excluding hydrogens is 440 g/mol. The summed E-state index contributed by atoms with van der Waals surface area (Å²) in [7, 11) is 0. The third kappa shape index (κ3) is 6.51. The van der Waals surface area contributed by atoms with Crippen molar-refractivity contribution in [2.75, 3.05) is 18.5 Å². The first kappa shape index (κ1) is 24.6. The van der Waals surface area contributed by atoms with Gasteiger partial charge in [0.1, 0.15) is 11.3 Å². The monoisotopic (exact) mass is 470 g/mol. The number of fused-ring (bicyclic) bond motifs is 1. The van der Waals surface area contributed by atoms with Crippen LogP contribution in [0.2, 0.25) is 5.02 Å². The van der Waals surface area contributed by atoms with Gasteiger partial charge in [-0.05, 0) is 68.7 Å². The van der Waals surface area contributed by atoms with Gasteiger partial charge in [0, 0.05) is 33.8 Å². The van der Waals surface area contributed by atoms with E-state index < -0.39 is 0 Å². The van der Waals surface area contributed by atoms with Crippen LogP contribution in [0.1, 0.15) is 61.3 Å². The van der Waals surface area contributed by atoms with Gasteiger partial charge in [-0.2, -0.15) is 0 Å². The van der Waals surface area contributed by atoms with Crippen molar-refractivity contribution in [1.29, 1.82) is 0 Å². The third-order valence-corrected chi connectivity index (χ3v) is 5.60. The molecular formula is C26H31ClN2O4. The molecule has 0 spiro atoms. The number of rotatable bonds is 10. The average molecular weight is 471 g/mol. The fourth-order valence-electron chi connectivity index (χ4n) is 3.78. The van der Waals surface area contributed by atoms with E-state index in [1.165, 1.54) is 0 Å². The Morgan fingerprint density at radius 1 is 1.12 bits per heavy atom. The highest BCUT2D eigenvalue weighted by atomic mass is 35.5. The molecule has 1 unspecified atom stereocenters. The van der Waals surface area contributed by atoms with Gasteiger partial charge in [0.2, 0.25) is 0 Å². The first-order chi connectivity index (χ1) is 15.8. The molecule has 3 aromatic rings. The molecule has 1 amide bonds. The van der Waals surface area contributed by atoms with E-state index in [1.807, 2.05) is 30.3 Å². The fourth-order valence-corrected chi connectivity index (χ4v) is 3.95. The quantitative estimate of drug-likeness (QED) is 0.341. The van der Waals surface area contributed by atoms with E-state index in [0.717, 1.165) is 34.4 Å². The molecule has 1 heterocycles. The Balaban J connectivity index is 1.71. The van der Waals surface area contributed by atoms with Gasteiger partial charge in [0.15, 0.2) is 0 Å². The molecule has 1 aromatic heterocycles. The minimum atomic E-state index is -0.323. The van der Waals surface area contributed by atoms with E-state index >= 15 is 0 Å². The van der Waals surface area contributed by atoms with Gasteiger partial charge in [-0.15, -0.1) is 0 Å². The van der Waals surface area contributed by atoms with Crippen molar-refractivity contribution in [3.05, 3.63) is 64.4 Å². The van der Waals surface area contributed by atoms with Crippen LogP contribution < -0.4 is 10.6 Å². The summed E-state index contributed by atoms with van der Waals surface area (Å²) in [4.78, 5) is 23.7. The zero-order chi connectivity index (χ0) is 24.0. The number of carbonyl (C=O) groups is 2. The predicted octanol–water partition coefficient (Wildman–Crippen LogP) is 6.28. The van der Waals surface area contributed by atoms with Crippen LogP contribution >= 0.6 is 11.6 Å². The first-order valence-corrected chi connectivity index (χ1v) is 11.6. The van der Waals surface area contributed by atoms with Gasteiger partial charge in [-0.25, -0.2) is 0 Å². The number of carbonyl (C=O) groups excluding carboxylic acids is 2. The zero-order valence-electron chi connectivity index (χ0n) is 19.5. The summed E-state index contributed by atoms with van der Waals surface area (Å²) in [6.45, 7) is 8.73. The molecule has 3 rings (SSSR count). The van der Waals surface area contributed by atoms with E-state index in [-0.39, 0.29) is 30.9 Å². The number of amides is 1. The number of hydrogen-bond donors (Lipinski definition) is 2. The molecule has 0 bridgehead atoms. The lowest BCUT2D eigenvalue weighted by Gasteiger charge is -2.21. The van der Waals surface area contributed by atoms with Crippen molar-refractivity contribution in [3.63, 3.8) is 0 Å². The van der Waals surface area contributed by atoms with Crippen molar-refractivity contribution < 1.29 is 18.7 Å². The number of aryl methyl sites for hydroxylation is 1. The van der Waals surface area contributed by atoms with Crippen molar-refractivity contribution in [1.82, 2.24) is 5.32 Å². The Bertz CT molecular complexity index is 1110. The molecule has 1 atom stereocenters. The average Bonchev–Trinajstić information content (AvgIpc) is 3.09. The molecule has 7 heteroatoms. The Morgan fingerprint density at radius 2 is 1.85 bits per heavy atom. The highest BCUT2D eigenvalue weighted by Crippen LogP contribution is 2.35. The Labute approximate surface area is 199 Å². The number of halogens is 1. The standard InChI is InChI=1S/C26H31ClN2O4/c1-5-32-24(30)12-13-28-26(31)18-6-9-20(10-7-18)29-22(14-16(2)3)25-17(4)21-15-19(27)8-11-23(21)33-25/h6-11,15-16,22,29H,5,12-14H2,1-4H3,(H,28,31). The minimum Gasteiger partial charge on any atom is -0.466 e. The topological polar surface area (TPSA) is 80.6 Å². The number of ether oxygens (including phenoxy) is 1. The van der Waals surface area contributed by atoms with Gasteiger partial charge in [0.05, 0.1) is 19.1 Å². The SMILES string of the molecule is CCOC(=O)CCNC(=O)c1ccc(NC(CC(C)C)c2oc3ccc(Cl)cc3c2C)cc1. The smallest absolute Gasteiger partial charge is 0.307 e. The van der Waals surface area contributed by atoms with Crippen LogP contribution in [0.25, 0.3) is 11.0 Å². The first-order valence-electron chi connectivity index (χ1n) is 11.3. The molecule has 0 saturated carbocycles. The van der Waals surface area contributed by atoms with Gasteiger partial charge < -0.3 is 19.8 Å². The Kier molecular flexibility index (Phi) is 8.39. The molecule has 33 heavy (non-hydrogen) atoms. The van der Waals surface area contributed by atoms with Crippen molar-refractivity contribution >= 4 is 40.1 Å². The number of furan rings is 1. The van der Waals surface area contributed by atoms with Gasteiger partial charge in [0.25, 0.3) is 5.91 Å². The molecule has 0 aliphatic heterocycles. The minimum absolute atomic E-state index is 0.0274. The van der Waals surface area contributed by atoms with E-state index in [9.17, 15) is 9.59 Å². The number of anilines is 1. The lowest BCUT2D eigenvalue weighted by atomic mass is 9.98. The van der Waals surface area contributed by atoms with Crippen molar-refractivity contribution in [2.45, 2.75) is 46.6 Å². The third-order valence-electron chi connectivity index (χ3n) is 5.37. The van der Waals surface area contributed by atoms with Crippen LogP contribution in [-0.2, 0) is 9.53 Å². The number of nitrogens with one attached hydrogen (secondary N) is 2. The molecule has 2 aromatic carbocycles. The molecule has 6 nitrogen and oxygen atoms in total.